The maximum Gasteiger partial charge on any atom is 0.237 e. The SMILES string of the molecule is CC1CCNC(C(=O)NCc2ccc(C(C)C)cc2)C1. The normalized spacial score (nSPS) is 22.8. The molecule has 0 radical (unpaired) electrons. The van der Waals surface area contributed by atoms with Crippen LogP contribution in [0.3, 0.4) is 0 Å². The van der Waals surface area contributed by atoms with E-state index in [0.29, 0.717) is 18.4 Å². The van der Waals surface area contributed by atoms with Crippen LogP contribution in [0.2, 0.25) is 0 Å². The lowest BCUT2D eigenvalue weighted by Gasteiger charge is -2.27. The van der Waals surface area contributed by atoms with E-state index >= 15 is 0 Å². The highest BCUT2D eigenvalue weighted by Crippen LogP contribution is 2.16. The summed E-state index contributed by atoms with van der Waals surface area (Å²) in [7, 11) is 0. The molecule has 1 aliphatic rings. The average molecular weight is 274 g/mol. The third-order valence-electron chi connectivity index (χ3n) is 4.10. The number of hydrogen-bond acceptors (Lipinski definition) is 2. The summed E-state index contributed by atoms with van der Waals surface area (Å²) < 4.78 is 0. The smallest absolute Gasteiger partial charge is 0.237 e. The van der Waals surface area contributed by atoms with Gasteiger partial charge in [-0.3, -0.25) is 4.79 Å². The van der Waals surface area contributed by atoms with Crippen molar-refractivity contribution in [3.8, 4) is 0 Å². The van der Waals surface area contributed by atoms with Crippen LogP contribution in [0.15, 0.2) is 24.3 Å². The molecule has 1 heterocycles. The van der Waals surface area contributed by atoms with Crippen LogP contribution in [0, 0.1) is 5.92 Å². The molecule has 0 bridgehead atoms. The second-order valence-corrected chi connectivity index (χ2v) is 6.25. The quantitative estimate of drug-likeness (QED) is 0.886. The van der Waals surface area contributed by atoms with Gasteiger partial charge in [0.15, 0.2) is 0 Å². The number of amides is 1. The molecule has 1 aromatic rings. The summed E-state index contributed by atoms with van der Waals surface area (Å²) in [5, 5.41) is 6.33. The van der Waals surface area contributed by atoms with E-state index in [1.165, 1.54) is 12.0 Å². The molecule has 3 nitrogen and oxygen atoms in total. The van der Waals surface area contributed by atoms with Crippen molar-refractivity contribution in [1.82, 2.24) is 10.6 Å². The van der Waals surface area contributed by atoms with Gasteiger partial charge in [-0.1, -0.05) is 45.0 Å². The number of piperidine rings is 1. The maximum atomic E-state index is 12.1. The third-order valence-corrected chi connectivity index (χ3v) is 4.10. The van der Waals surface area contributed by atoms with E-state index in [4.69, 9.17) is 0 Å². The van der Waals surface area contributed by atoms with Crippen molar-refractivity contribution in [2.45, 2.75) is 52.1 Å². The van der Waals surface area contributed by atoms with Gasteiger partial charge >= 0.3 is 0 Å². The van der Waals surface area contributed by atoms with E-state index in [0.717, 1.165) is 18.5 Å². The molecule has 20 heavy (non-hydrogen) atoms. The number of hydrogen-bond donors (Lipinski definition) is 2. The lowest BCUT2D eigenvalue weighted by atomic mass is 9.94. The van der Waals surface area contributed by atoms with Crippen molar-refractivity contribution >= 4 is 5.91 Å². The summed E-state index contributed by atoms with van der Waals surface area (Å²) in [6.07, 6.45) is 2.11. The Morgan fingerprint density at radius 2 is 2.05 bits per heavy atom. The first-order chi connectivity index (χ1) is 9.56. The highest BCUT2D eigenvalue weighted by atomic mass is 16.2. The molecule has 0 saturated carbocycles. The second-order valence-electron chi connectivity index (χ2n) is 6.25. The highest BCUT2D eigenvalue weighted by molar-refractivity contribution is 5.81. The van der Waals surface area contributed by atoms with Gasteiger partial charge in [0.1, 0.15) is 0 Å². The lowest BCUT2D eigenvalue weighted by molar-refractivity contribution is -0.124. The Bertz CT molecular complexity index is 439. The number of rotatable bonds is 4. The Morgan fingerprint density at radius 3 is 2.65 bits per heavy atom. The topological polar surface area (TPSA) is 41.1 Å². The Labute approximate surface area is 122 Å². The van der Waals surface area contributed by atoms with Crippen molar-refractivity contribution < 1.29 is 4.79 Å². The molecule has 2 rings (SSSR count). The average Bonchev–Trinajstić information content (AvgIpc) is 2.45. The van der Waals surface area contributed by atoms with Gasteiger partial charge < -0.3 is 10.6 Å². The summed E-state index contributed by atoms with van der Waals surface area (Å²) >= 11 is 0. The van der Waals surface area contributed by atoms with Gasteiger partial charge in [-0.2, -0.15) is 0 Å². The monoisotopic (exact) mass is 274 g/mol. The first kappa shape index (κ1) is 15.0. The molecule has 2 atom stereocenters. The summed E-state index contributed by atoms with van der Waals surface area (Å²) in [6.45, 7) is 8.15. The zero-order valence-electron chi connectivity index (χ0n) is 12.8. The molecule has 1 saturated heterocycles. The molecule has 0 aromatic heterocycles. The second kappa shape index (κ2) is 6.89. The van der Waals surface area contributed by atoms with Gasteiger partial charge in [0, 0.05) is 6.54 Å². The zero-order valence-corrected chi connectivity index (χ0v) is 12.8. The Hall–Kier alpha value is -1.35. The molecule has 2 N–H and O–H groups in total. The summed E-state index contributed by atoms with van der Waals surface area (Å²) in [5.74, 6) is 1.31. The number of benzene rings is 1. The fourth-order valence-corrected chi connectivity index (χ4v) is 2.64. The van der Waals surface area contributed by atoms with E-state index in [2.05, 4.69) is 55.7 Å². The van der Waals surface area contributed by atoms with Gasteiger partial charge in [-0.25, -0.2) is 0 Å². The van der Waals surface area contributed by atoms with Crippen molar-refractivity contribution in [2.75, 3.05) is 6.54 Å². The van der Waals surface area contributed by atoms with Crippen LogP contribution in [0.5, 0.6) is 0 Å². The molecule has 1 aliphatic heterocycles. The first-order valence-electron chi connectivity index (χ1n) is 7.66. The van der Waals surface area contributed by atoms with Crippen LogP contribution in [0.4, 0.5) is 0 Å². The first-order valence-corrected chi connectivity index (χ1v) is 7.66. The van der Waals surface area contributed by atoms with E-state index in [1.807, 2.05) is 0 Å². The zero-order chi connectivity index (χ0) is 14.5. The fourth-order valence-electron chi connectivity index (χ4n) is 2.64. The molecule has 110 valence electrons. The minimum Gasteiger partial charge on any atom is -0.351 e. The molecular formula is C17H26N2O. The van der Waals surface area contributed by atoms with Gasteiger partial charge in [0.05, 0.1) is 6.04 Å². The molecule has 2 unspecified atom stereocenters. The maximum absolute atomic E-state index is 12.1. The van der Waals surface area contributed by atoms with E-state index < -0.39 is 0 Å². The molecular weight excluding hydrogens is 248 g/mol. The highest BCUT2D eigenvalue weighted by Gasteiger charge is 2.23. The predicted octanol–water partition coefficient (Wildman–Crippen LogP) is 2.81. The van der Waals surface area contributed by atoms with Crippen LogP contribution >= 0.6 is 0 Å². The van der Waals surface area contributed by atoms with Gasteiger partial charge in [-0.05, 0) is 42.3 Å². The molecule has 3 heteroatoms. The standard InChI is InChI=1S/C17H26N2O/c1-12(2)15-6-4-14(5-7-15)11-19-17(20)16-10-13(3)8-9-18-16/h4-7,12-13,16,18H,8-11H2,1-3H3,(H,19,20). The van der Waals surface area contributed by atoms with Crippen LogP contribution in [-0.2, 0) is 11.3 Å². The van der Waals surface area contributed by atoms with E-state index in [-0.39, 0.29) is 11.9 Å². The minimum absolute atomic E-state index is 0.0197. The van der Waals surface area contributed by atoms with Crippen LogP contribution < -0.4 is 10.6 Å². The van der Waals surface area contributed by atoms with Gasteiger partial charge in [0.2, 0.25) is 5.91 Å². The largest absolute Gasteiger partial charge is 0.351 e. The predicted molar refractivity (Wildman–Crippen MR) is 82.6 cm³/mol. The number of nitrogens with one attached hydrogen (secondary N) is 2. The van der Waals surface area contributed by atoms with Crippen LogP contribution in [0.25, 0.3) is 0 Å². The van der Waals surface area contributed by atoms with Crippen LogP contribution in [-0.4, -0.2) is 18.5 Å². The Balaban J connectivity index is 1.83. The van der Waals surface area contributed by atoms with Crippen molar-refractivity contribution in [3.63, 3.8) is 0 Å². The Morgan fingerprint density at radius 1 is 1.35 bits per heavy atom. The lowest BCUT2D eigenvalue weighted by Crippen LogP contribution is -2.48. The molecule has 1 fully saturated rings. The van der Waals surface area contributed by atoms with Crippen molar-refractivity contribution in [2.24, 2.45) is 5.92 Å². The molecule has 1 amide bonds. The number of carbonyl (C=O) groups is 1. The summed E-state index contributed by atoms with van der Waals surface area (Å²) in [4.78, 5) is 12.1. The van der Waals surface area contributed by atoms with E-state index in [9.17, 15) is 4.79 Å². The van der Waals surface area contributed by atoms with Crippen molar-refractivity contribution in [1.29, 1.82) is 0 Å². The van der Waals surface area contributed by atoms with Gasteiger partial charge in [-0.15, -0.1) is 0 Å². The van der Waals surface area contributed by atoms with Crippen molar-refractivity contribution in [3.05, 3.63) is 35.4 Å². The Kier molecular flexibility index (Phi) is 5.18. The van der Waals surface area contributed by atoms with Crippen LogP contribution in [0.1, 0.15) is 50.7 Å². The molecule has 0 spiro atoms. The molecule has 0 aliphatic carbocycles. The summed E-state index contributed by atoms with van der Waals surface area (Å²) in [6, 6.07) is 8.48. The van der Waals surface area contributed by atoms with Gasteiger partial charge in [0.25, 0.3) is 0 Å². The van der Waals surface area contributed by atoms with E-state index in [1.54, 1.807) is 0 Å². The summed E-state index contributed by atoms with van der Waals surface area (Å²) in [5.41, 5.74) is 2.49. The fraction of sp³-hybridized carbons (Fsp3) is 0.588. The molecule has 1 aromatic carbocycles. The third kappa shape index (κ3) is 4.07. The number of carbonyl (C=O) groups excluding carboxylic acids is 1. The minimum atomic E-state index is -0.0197.